The number of rotatable bonds is 7. The van der Waals surface area contributed by atoms with E-state index in [1.807, 2.05) is 0 Å². The van der Waals surface area contributed by atoms with E-state index in [0.717, 1.165) is 4.47 Å². The number of nitrogens with one attached hydrogen (secondary N) is 2. The van der Waals surface area contributed by atoms with Crippen LogP contribution in [0.5, 0.6) is 5.75 Å². The SMILES string of the molecule is COc1cc(NC(=O)NCCOCC(=O)O)c(Br)cc1Br. The number of carboxylic acid groups (broad SMARTS) is 1. The van der Waals surface area contributed by atoms with Crippen LogP contribution in [0.4, 0.5) is 10.5 Å². The summed E-state index contributed by atoms with van der Waals surface area (Å²) in [6.45, 7) is -0.0757. The summed E-state index contributed by atoms with van der Waals surface area (Å²) >= 11 is 6.66. The summed E-state index contributed by atoms with van der Waals surface area (Å²) in [6, 6.07) is 2.98. The van der Waals surface area contributed by atoms with Gasteiger partial charge in [0.05, 0.1) is 23.9 Å². The lowest BCUT2D eigenvalue weighted by molar-refractivity contribution is -0.142. The summed E-state index contributed by atoms with van der Waals surface area (Å²) in [6.07, 6.45) is 0. The molecule has 0 aliphatic rings. The van der Waals surface area contributed by atoms with Gasteiger partial charge in [-0.05, 0) is 37.9 Å². The van der Waals surface area contributed by atoms with Crippen molar-refractivity contribution in [1.82, 2.24) is 5.32 Å². The van der Waals surface area contributed by atoms with Crippen LogP contribution in [0.25, 0.3) is 0 Å². The standard InChI is InChI=1S/C12H14Br2N2O5/c1-20-10-5-9(7(13)4-8(10)14)16-12(19)15-2-3-21-6-11(17)18/h4-5H,2-3,6H2,1H3,(H,17,18)(H2,15,16,19). The molecule has 1 aromatic carbocycles. The van der Waals surface area contributed by atoms with Gasteiger partial charge < -0.3 is 25.2 Å². The van der Waals surface area contributed by atoms with Crippen LogP contribution in [-0.2, 0) is 9.53 Å². The van der Waals surface area contributed by atoms with E-state index >= 15 is 0 Å². The molecule has 0 saturated heterocycles. The maximum atomic E-state index is 11.7. The number of anilines is 1. The minimum Gasteiger partial charge on any atom is -0.495 e. The van der Waals surface area contributed by atoms with Gasteiger partial charge in [0.25, 0.3) is 0 Å². The van der Waals surface area contributed by atoms with Gasteiger partial charge in [0.1, 0.15) is 12.4 Å². The second kappa shape index (κ2) is 8.85. The second-order valence-corrected chi connectivity index (χ2v) is 5.50. The number of carbonyl (C=O) groups excluding carboxylic acids is 1. The van der Waals surface area contributed by atoms with Gasteiger partial charge in [0, 0.05) is 17.1 Å². The molecule has 0 bridgehead atoms. The normalized spacial score (nSPS) is 10.0. The van der Waals surface area contributed by atoms with Crippen LogP contribution in [0.1, 0.15) is 0 Å². The van der Waals surface area contributed by atoms with Crippen LogP contribution < -0.4 is 15.4 Å². The summed E-state index contributed by atoms with van der Waals surface area (Å²) in [5.74, 6) is -0.469. The number of aliphatic carboxylic acids is 1. The Morgan fingerprint density at radius 2 is 2.00 bits per heavy atom. The van der Waals surface area contributed by atoms with Crippen molar-refractivity contribution in [1.29, 1.82) is 0 Å². The fraction of sp³-hybridized carbons (Fsp3) is 0.333. The number of carboxylic acids is 1. The minimum absolute atomic E-state index is 0.116. The Balaban J connectivity index is 2.46. The largest absolute Gasteiger partial charge is 0.495 e. The topological polar surface area (TPSA) is 96.9 Å². The van der Waals surface area contributed by atoms with E-state index < -0.39 is 18.6 Å². The van der Waals surface area contributed by atoms with Crippen molar-refractivity contribution in [2.75, 3.05) is 32.2 Å². The third kappa shape index (κ3) is 6.32. The van der Waals surface area contributed by atoms with Crippen LogP contribution in [0.2, 0.25) is 0 Å². The Hall–Kier alpha value is -1.32. The van der Waals surface area contributed by atoms with Crippen molar-refractivity contribution in [2.45, 2.75) is 0 Å². The Morgan fingerprint density at radius 1 is 1.29 bits per heavy atom. The molecule has 0 aromatic heterocycles. The number of carbonyl (C=O) groups is 2. The van der Waals surface area contributed by atoms with Gasteiger partial charge in [-0.2, -0.15) is 0 Å². The number of methoxy groups -OCH3 is 1. The molecule has 21 heavy (non-hydrogen) atoms. The molecule has 116 valence electrons. The molecule has 7 nitrogen and oxygen atoms in total. The number of hydrogen-bond donors (Lipinski definition) is 3. The molecule has 3 N–H and O–H groups in total. The molecule has 0 atom stereocenters. The van der Waals surface area contributed by atoms with E-state index in [1.54, 1.807) is 12.1 Å². The van der Waals surface area contributed by atoms with Crippen molar-refractivity contribution >= 4 is 49.5 Å². The zero-order valence-electron chi connectivity index (χ0n) is 11.1. The second-order valence-electron chi connectivity index (χ2n) is 3.79. The van der Waals surface area contributed by atoms with Gasteiger partial charge in [0.15, 0.2) is 0 Å². The fourth-order valence-corrected chi connectivity index (χ4v) is 2.60. The van der Waals surface area contributed by atoms with Crippen molar-refractivity contribution in [2.24, 2.45) is 0 Å². The Morgan fingerprint density at radius 3 is 2.62 bits per heavy atom. The lowest BCUT2D eigenvalue weighted by Gasteiger charge is -2.11. The van der Waals surface area contributed by atoms with Gasteiger partial charge in [-0.1, -0.05) is 0 Å². The van der Waals surface area contributed by atoms with Crippen molar-refractivity contribution in [3.8, 4) is 5.75 Å². The lowest BCUT2D eigenvalue weighted by Crippen LogP contribution is -2.32. The first-order valence-electron chi connectivity index (χ1n) is 5.81. The van der Waals surface area contributed by atoms with E-state index in [-0.39, 0.29) is 13.2 Å². The number of benzene rings is 1. The number of amides is 2. The molecule has 0 spiro atoms. The molecule has 0 fully saturated rings. The molecule has 2 amide bonds. The maximum Gasteiger partial charge on any atom is 0.329 e. The predicted molar refractivity (Wildman–Crippen MR) is 83.9 cm³/mol. The first-order chi connectivity index (χ1) is 9.93. The summed E-state index contributed by atoms with van der Waals surface area (Å²) < 4.78 is 11.4. The highest BCUT2D eigenvalue weighted by Crippen LogP contribution is 2.34. The number of hydrogen-bond acceptors (Lipinski definition) is 4. The average molecular weight is 426 g/mol. The maximum absolute atomic E-state index is 11.7. The lowest BCUT2D eigenvalue weighted by atomic mass is 10.3. The summed E-state index contributed by atoms with van der Waals surface area (Å²) in [5, 5.41) is 13.6. The number of urea groups is 1. The zero-order chi connectivity index (χ0) is 15.8. The molecular formula is C12H14Br2N2O5. The van der Waals surface area contributed by atoms with Crippen LogP contribution >= 0.6 is 31.9 Å². The highest BCUT2D eigenvalue weighted by Gasteiger charge is 2.09. The predicted octanol–water partition coefficient (Wildman–Crippen LogP) is 2.44. The zero-order valence-corrected chi connectivity index (χ0v) is 14.3. The molecule has 0 aliphatic carbocycles. The minimum atomic E-state index is -1.05. The first-order valence-corrected chi connectivity index (χ1v) is 7.40. The van der Waals surface area contributed by atoms with Crippen LogP contribution in [-0.4, -0.2) is 44.0 Å². The highest BCUT2D eigenvalue weighted by molar-refractivity contribution is 9.11. The quantitative estimate of drug-likeness (QED) is 0.583. The molecule has 0 unspecified atom stereocenters. The van der Waals surface area contributed by atoms with E-state index in [9.17, 15) is 9.59 Å². The molecule has 0 radical (unpaired) electrons. The summed E-state index contributed by atoms with van der Waals surface area (Å²) in [7, 11) is 1.53. The van der Waals surface area contributed by atoms with Crippen LogP contribution in [0.3, 0.4) is 0 Å². The van der Waals surface area contributed by atoms with Gasteiger partial charge >= 0.3 is 12.0 Å². The van der Waals surface area contributed by atoms with Crippen LogP contribution in [0.15, 0.2) is 21.1 Å². The molecule has 0 saturated carbocycles. The first kappa shape index (κ1) is 17.7. The molecule has 0 aliphatic heterocycles. The van der Waals surface area contributed by atoms with Crippen LogP contribution in [0, 0.1) is 0 Å². The van der Waals surface area contributed by atoms with E-state index in [0.29, 0.717) is 15.9 Å². The Labute approximate surface area is 138 Å². The molecular weight excluding hydrogens is 412 g/mol. The van der Waals surface area contributed by atoms with E-state index in [2.05, 4.69) is 42.5 Å². The molecule has 1 aromatic rings. The van der Waals surface area contributed by atoms with E-state index in [1.165, 1.54) is 7.11 Å². The highest BCUT2D eigenvalue weighted by atomic mass is 79.9. The molecule has 0 heterocycles. The monoisotopic (exact) mass is 424 g/mol. The third-order valence-corrected chi connectivity index (χ3v) is 3.52. The average Bonchev–Trinajstić information content (AvgIpc) is 2.41. The summed E-state index contributed by atoms with van der Waals surface area (Å²) in [5.41, 5.74) is 0.541. The number of ether oxygens (including phenoxy) is 2. The number of halogens is 2. The van der Waals surface area contributed by atoms with Crippen molar-refractivity contribution in [3.05, 3.63) is 21.1 Å². The van der Waals surface area contributed by atoms with Gasteiger partial charge in [-0.25, -0.2) is 9.59 Å². The fourth-order valence-electron chi connectivity index (χ4n) is 1.34. The van der Waals surface area contributed by atoms with Gasteiger partial charge in [0.2, 0.25) is 0 Å². The smallest absolute Gasteiger partial charge is 0.329 e. The Kier molecular flexibility index (Phi) is 7.48. The molecule has 9 heteroatoms. The van der Waals surface area contributed by atoms with Gasteiger partial charge in [-0.3, -0.25) is 0 Å². The van der Waals surface area contributed by atoms with E-state index in [4.69, 9.17) is 14.6 Å². The molecule has 1 rings (SSSR count). The van der Waals surface area contributed by atoms with Crippen molar-refractivity contribution in [3.63, 3.8) is 0 Å². The van der Waals surface area contributed by atoms with Gasteiger partial charge in [-0.15, -0.1) is 0 Å². The van der Waals surface area contributed by atoms with Crippen molar-refractivity contribution < 1.29 is 24.2 Å². The summed E-state index contributed by atoms with van der Waals surface area (Å²) in [4.78, 5) is 21.9. The Bertz CT molecular complexity index is 525. The third-order valence-electron chi connectivity index (χ3n) is 2.25.